The monoisotopic (exact) mass is 460 g/mol. The fourth-order valence-corrected chi connectivity index (χ4v) is 2.42. The summed E-state index contributed by atoms with van der Waals surface area (Å²) in [5.41, 5.74) is 1.23. The largest absolute Gasteiger partial charge is 0.354 e. The highest BCUT2D eigenvalue weighted by molar-refractivity contribution is 14.0. The zero-order valence-corrected chi connectivity index (χ0v) is 18.0. The second-order valence-corrected chi connectivity index (χ2v) is 6.05. The van der Waals surface area contributed by atoms with Crippen molar-refractivity contribution < 1.29 is 4.79 Å². The Morgan fingerprint density at radius 1 is 1.16 bits per heavy atom. The lowest BCUT2D eigenvalue weighted by Gasteiger charge is -2.17. The first kappa shape index (κ1) is 23.7. The number of guanidine groups is 1. The van der Waals surface area contributed by atoms with Crippen LogP contribution in [0.4, 0.5) is 0 Å². The molecule has 0 aliphatic carbocycles. The molecule has 0 bridgehead atoms. The van der Waals surface area contributed by atoms with Crippen LogP contribution in [0.1, 0.15) is 45.1 Å². The summed E-state index contributed by atoms with van der Waals surface area (Å²) in [7, 11) is 1.72. The van der Waals surface area contributed by atoms with Gasteiger partial charge in [0.25, 0.3) is 0 Å². The number of hydrogen-bond donors (Lipinski definition) is 3. The van der Waals surface area contributed by atoms with Crippen molar-refractivity contribution in [3.05, 3.63) is 35.9 Å². The van der Waals surface area contributed by atoms with Crippen molar-refractivity contribution in [1.82, 2.24) is 16.0 Å². The molecule has 1 unspecified atom stereocenters. The molecule has 5 nitrogen and oxygen atoms in total. The number of nitrogens with zero attached hydrogens (tertiary/aromatic N) is 1. The predicted octanol–water partition coefficient (Wildman–Crippen LogP) is 3.10. The van der Waals surface area contributed by atoms with Gasteiger partial charge in [-0.05, 0) is 25.3 Å². The number of halogens is 1. The fraction of sp³-hybridized carbons (Fsp3) is 0.579. The third-order valence-corrected chi connectivity index (χ3v) is 3.84. The first-order valence-corrected chi connectivity index (χ1v) is 8.93. The molecule has 0 aromatic heterocycles. The van der Waals surface area contributed by atoms with Crippen LogP contribution in [0, 0.1) is 0 Å². The van der Waals surface area contributed by atoms with E-state index >= 15 is 0 Å². The molecular weight excluding hydrogens is 427 g/mol. The summed E-state index contributed by atoms with van der Waals surface area (Å²) in [6.45, 7) is 5.22. The summed E-state index contributed by atoms with van der Waals surface area (Å²) < 4.78 is 0. The van der Waals surface area contributed by atoms with Gasteiger partial charge in [-0.3, -0.25) is 9.79 Å². The predicted molar refractivity (Wildman–Crippen MR) is 117 cm³/mol. The molecule has 3 N–H and O–H groups in total. The van der Waals surface area contributed by atoms with Gasteiger partial charge in [0.1, 0.15) is 0 Å². The van der Waals surface area contributed by atoms with E-state index in [2.05, 4.69) is 46.9 Å². The third-order valence-electron chi connectivity index (χ3n) is 3.84. The highest BCUT2D eigenvalue weighted by Crippen LogP contribution is 2.02. The van der Waals surface area contributed by atoms with Crippen molar-refractivity contribution in [3.63, 3.8) is 0 Å². The SMILES string of the molecule is CCCCCC(C)NC(=NC)NCC(=O)NCCc1ccccc1.I. The molecule has 0 radical (unpaired) electrons. The second-order valence-electron chi connectivity index (χ2n) is 6.05. The summed E-state index contributed by atoms with van der Waals surface area (Å²) in [6.07, 6.45) is 5.64. The summed E-state index contributed by atoms with van der Waals surface area (Å²) in [5, 5.41) is 9.31. The lowest BCUT2D eigenvalue weighted by Crippen LogP contribution is -2.46. The minimum Gasteiger partial charge on any atom is -0.354 e. The number of nitrogens with one attached hydrogen (secondary N) is 3. The molecule has 1 atom stereocenters. The van der Waals surface area contributed by atoms with Gasteiger partial charge in [-0.25, -0.2) is 0 Å². The van der Waals surface area contributed by atoms with Crippen molar-refractivity contribution in [2.45, 2.75) is 52.0 Å². The van der Waals surface area contributed by atoms with Crippen LogP contribution < -0.4 is 16.0 Å². The maximum absolute atomic E-state index is 11.9. The number of benzene rings is 1. The van der Waals surface area contributed by atoms with Gasteiger partial charge in [-0.2, -0.15) is 0 Å². The van der Waals surface area contributed by atoms with Crippen LogP contribution in [-0.2, 0) is 11.2 Å². The number of rotatable bonds is 10. The molecule has 6 heteroatoms. The zero-order valence-electron chi connectivity index (χ0n) is 15.7. The van der Waals surface area contributed by atoms with Crippen LogP contribution in [0.15, 0.2) is 35.3 Å². The minimum atomic E-state index is -0.0208. The van der Waals surface area contributed by atoms with Gasteiger partial charge in [0.15, 0.2) is 5.96 Å². The Labute approximate surface area is 169 Å². The van der Waals surface area contributed by atoms with Crippen molar-refractivity contribution in [1.29, 1.82) is 0 Å². The Morgan fingerprint density at radius 3 is 2.52 bits per heavy atom. The smallest absolute Gasteiger partial charge is 0.239 e. The lowest BCUT2D eigenvalue weighted by atomic mass is 10.1. The van der Waals surface area contributed by atoms with E-state index < -0.39 is 0 Å². The Morgan fingerprint density at radius 2 is 1.88 bits per heavy atom. The summed E-state index contributed by atoms with van der Waals surface area (Å²) in [4.78, 5) is 16.1. The molecule has 1 aromatic carbocycles. The quantitative estimate of drug-likeness (QED) is 0.218. The Bertz CT molecular complexity index is 493. The maximum Gasteiger partial charge on any atom is 0.239 e. The Kier molecular flexibility index (Phi) is 14.2. The average Bonchev–Trinajstić information content (AvgIpc) is 2.59. The molecule has 0 saturated carbocycles. The second kappa shape index (κ2) is 15.0. The normalized spacial score (nSPS) is 12.0. The van der Waals surface area contributed by atoms with E-state index in [9.17, 15) is 4.79 Å². The molecule has 0 aliphatic rings. The molecule has 25 heavy (non-hydrogen) atoms. The van der Waals surface area contributed by atoms with Gasteiger partial charge in [0.05, 0.1) is 6.54 Å². The minimum absolute atomic E-state index is 0. The van der Waals surface area contributed by atoms with Gasteiger partial charge >= 0.3 is 0 Å². The van der Waals surface area contributed by atoms with Crippen molar-refractivity contribution in [2.24, 2.45) is 4.99 Å². The zero-order chi connectivity index (χ0) is 17.6. The summed E-state index contributed by atoms with van der Waals surface area (Å²) in [5.74, 6) is 0.657. The van der Waals surface area contributed by atoms with Crippen molar-refractivity contribution in [3.8, 4) is 0 Å². The van der Waals surface area contributed by atoms with Crippen LogP contribution in [0.5, 0.6) is 0 Å². The van der Waals surface area contributed by atoms with Crippen molar-refractivity contribution in [2.75, 3.05) is 20.1 Å². The van der Waals surface area contributed by atoms with Gasteiger partial charge < -0.3 is 16.0 Å². The number of hydrogen-bond acceptors (Lipinski definition) is 2. The highest BCUT2D eigenvalue weighted by Gasteiger charge is 2.07. The highest BCUT2D eigenvalue weighted by atomic mass is 127. The number of unbranched alkanes of at least 4 members (excludes halogenated alkanes) is 2. The Balaban J connectivity index is 0.00000576. The fourth-order valence-electron chi connectivity index (χ4n) is 2.42. The number of aliphatic imine (C=N–C) groups is 1. The summed E-state index contributed by atoms with van der Waals surface area (Å²) in [6, 6.07) is 10.5. The number of carbonyl (C=O) groups excluding carboxylic acids is 1. The molecule has 0 heterocycles. The van der Waals surface area contributed by atoms with Crippen LogP contribution >= 0.6 is 24.0 Å². The third kappa shape index (κ3) is 11.8. The van der Waals surface area contributed by atoms with E-state index in [0.29, 0.717) is 18.5 Å². The van der Waals surface area contributed by atoms with E-state index in [-0.39, 0.29) is 36.4 Å². The van der Waals surface area contributed by atoms with Crippen LogP contribution in [-0.4, -0.2) is 38.0 Å². The van der Waals surface area contributed by atoms with Crippen LogP contribution in [0.3, 0.4) is 0 Å². The summed E-state index contributed by atoms with van der Waals surface area (Å²) >= 11 is 0. The van der Waals surface area contributed by atoms with Crippen LogP contribution in [0.25, 0.3) is 0 Å². The first-order valence-electron chi connectivity index (χ1n) is 8.93. The van der Waals surface area contributed by atoms with Gasteiger partial charge in [-0.1, -0.05) is 56.5 Å². The van der Waals surface area contributed by atoms with Gasteiger partial charge in [0.2, 0.25) is 5.91 Å². The van der Waals surface area contributed by atoms with E-state index in [1.165, 1.54) is 24.8 Å². The van der Waals surface area contributed by atoms with Crippen LogP contribution in [0.2, 0.25) is 0 Å². The Hall–Kier alpha value is -1.31. The van der Waals surface area contributed by atoms with E-state index in [4.69, 9.17) is 0 Å². The first-order chi connectivity index (χ1) is 11.7. The average molecular weight is 460 g/mol. The lowest BCUT2D eigenvalue weighted by molar-refractivity contribution is -0.119. The van der Waals surface area contributed by atoms with E-state index in [1.807, 2.05) is 18.2 Å². The maximum atomic E-state index is 11.9. The van der Waals surface area contributed by atoms with E-state index in [1.54, 1.807) is 7.05 Å². The van der Waals surface area contributed by atoms with E-state index in [0.717, 1.165) is 12.8 Å². The molecule has 142 valence electrons. The number of carbonyl (C=O) groups is 1. The molecule has 0 fully saturated rings. The van der Waals surface area contributed by atoms with Crippen molar-refractivity contribution >= 4 is 35.8 Å². The number of amides is 1. The molecular formula is C19H33IN4O. The standard InChI is InChI=1S/C19H32N4O.HI/c1-4-5-7-10-16(2)23-19(20-3)22-15-18(24)21-14-13-17-11-8-6-9-12-17;/h6,8-9,11-12,16H,4-5,7,10,13-15H2,1-3H3,(H,21,24)(H2,20,22,23);1H. The molecule has 1 amide bonds. The molecule has 1 aromatic rings. The topological polar surface area (TPSA) is 65.5 Å². The molecule has 1 rings (SSSR count). The van der Waals surface area contributed by atoms with Gasteiger partial charge in [0, 0.05) is 19.6 Å². The van der Waals surface area contributed by atoms with Gasteiger partial charge in [-0.15, -0.1) is 24.0 Å². The molecule has 0 saturated heterocycles. The molecule has 0 aliphatic heterocycles. The molecule has 0 spiro atoms.